The topological polar surface area (TPSA) is 74.6 Å². The van der Waals surface area contributed by atoms with Gasteiger partial charge in [-0.2, -0.15) is 5.10 Å². The SMILES string of the molecule is CCOc1ccc(C(=O)Nc2cnn(Cc3ccc(OCC)c(OCC)c3)c2)cc1. The summed E-state index contributed by atoms with van der Waals surface area (Å²) in [5.74, 6) is 1.99. The summed E-state index contributed by atoms with van der Waals surface area (Å²) < 4.78 is 18.4. The van der Waals surface area contributed by atoms with Gasteiger partial charge in [-0.05, 0) is 62.7 Å². The molecule has 1 N–H and O–H groups in total. The van der Waals surface area contributed by atoms with Crippen LogP contribution >= 0.6 is 0 Å². The molecule has 7 heteroatoms. The summed E-state index contributed by atoms with van der Waals surface area (Å²) in [7, 11) is 0. The van der Waals surface area contributed by atoms with Crippen molar-refractivity contribution in [3.8, 4) is 17.2 Å². The van der Waals surface area contributed by atoms with Crippen LogP contribution in [0, 0.1) is 0 Å². The number of rotatable bonds is 10. The zero-order valence-corrected chi connectivity index (χ0v) is 17.6. The van der Waals surface area contributed by atoms with E-state index in [2.05, 4.69) is 10.4 Å². The second kappa shape index (κ2) is 10.3. The number of ether oxygens (including phenoxy) is 3. The van der Waals surface area contributed by atoms with E-state index in [1.54, 1.807) is 41.3 Å². The average Bonchev–Trinajstić information content (AvgIpc) is 3.17. The van der Waals surface area contributed by atoms with Gasteiger partial charge in [0.15, 0.2) is 11.5 Å². The van der Waals surface area contributed by atoms with E-state index in [0.29, 0.717) is 43.4 Å². The van der Waals surface area contributed by atoms with E-state index < -0.39 is 0 Å². The van der Waals surface area contributed by atoms with E-state index in [4.69, 9.17) is 14.2 Å². The summed E-state index contributed by atoms with van der Waals surface area (Å²) in [5.41, 5.74) is 2.21. The minimum atomic E-state index is -0.197. The van der Waals surface area contributed by atoms with E-state index >= 15 is 0 Å². The Bertz CT molecular complexity index is 967. The highest BCUT2D eigenvalue weighted by molar-refractivity contribution is 6.04. The lowest BCUT2D eigenvalue weighted by atomic mass is 10.2. The van der Waals surface area contributed by atoms with Crippen LogP contribution in [-0.4, -0.2) is 35.5 Å². The fraction of sp³-hybridized carbons (Fsp3) is 0.304. The Balaban J connectivity index is 1.64. The van der Waals surface area contributed by atoms with Crippen LogP contribution in [0.15, 0.2) is 54.9 Å². The maximum absolute atomic E-state index is 12.4. The molecular formula is C23H27N3O4. The first-order valence-electron chi connectivity index (χ1n) is 10.1. The molecule has 1 aromatic heterocycles. The number of amides is 1. The Morgan fingerprint density at radius 1 is 0.933 bits per heavy atom. The predicted molar refractivity (Wildman–Crippen MR) is 116 cm³/mol. The maximum atomic E-state index is 12.4. The lowest BCUT2D eigenvalue weighted by molar-refractivity contribution is 0.102. The molecule has 0 fully saturated rings. The van der Waals surface area contributed by atoms with Crippen molar-refractivity contribution >= 4 is 11.6 Å². The molecular weight excluding hydrogens is 382 g/mol. The Kier molecular flexibility index (Phi) is 7.32. The van der Waals surface area contributed by atoms with Crippen molar-refractivity contribution < 1.29 is 19.0 Å². The van der Waals surface area contributed by atoms with Gasteiger partial charge < -0.3 is 19.5 Å². The van der Waals surface area contributed by atoms with E-state index in [9.17, 15) is 4.79 Å². The number of carbonyl (C=O) groups excluding carboxylic acids is 1. The number of aromatic nitrogens is 2. The van der Waals surface area contributed by atoms with Crippen LogP contribution in [0.4, 0.5) is 5.69 Å². The number of benzene rings is 2. The van der Waals surface area contributed by atoms with Gasteiger partial charge >= 0.3 is 0 Å². The van der Waals surface area contributed by atoms with Crippen molar-refractivity contribution in [2.75, 3.05) is 25.1 Å². The van der Waals surface area contributed by atoms with E-state index in [1.807, 2.05) is 39.0 Å². The van der Waals surface area contributed by atoms with E-state index in [0.717, 1.165) is 17.1 Å². The fourth-order valence-electron chi connectivity index (χ4n) is 2.97. The summed E-state index contributed by atoms with van der Waals surface area (Å²) in [4.78, 5) is 12.4. The summed E-state index contributed by atoms with van der Waals surface area (Å²) in [6.07, 6.45) is 3.42. The lowest BCUT2D eigenvalue weighted by Crippen LogP contribution is -2.11. The second-order valence-corrected chi connectivity index (χ2v) is 6.49. The molecule has 0 radical (unpaired) electrons. The van der Waals surface area contributed by atoms with Crippen molar-refractivity contribution in [3.05, 3.63) is 66.0 Å². The Morgan fingerprint density at radius 2 is 1.63 bits per heavy atom. The third-order valence-corrected chi connectivity index (χ3v) is 4.27. The van der Waals surface area contributed by atoms with Gasteiger partial charge in [0.2, 0.25) is 0 Å². The molecule has 0 aliphatic carbocycles. The predicted octanol–water partition coefficient (Wildman–Crippen LogP) is 4.38. The highest BCUT2D eigenvalue weighted by Gasteiger charge is 2.10. The first-order chi connectivity index (χ1) is 14.6. The summed E-state index contributed by atoms with van der Waals surface area (Å²) in [5, 5.41) is 7.21. The number of nitrogens with one attached hydrogen (secondary N) is 1. The molecule has 0 saturated heterocycles. The first kappa shape index (κ1) is 21.2. The van der Waals surface area contributed by atoms with Gasteiger partial charge in [-0.15, -0.1) is 0 Å². The van der Waals surface area contributed by atoms with Crippen LogP contribution in [0.5, 0.6) is 17.2 Å². The first-order valence-corrected chi connectivity index (χ1v) is 10.1. The van der Waals surface area contributed by atoms with Gasteiger partial charge in [0.1, 0.15) is 5.75 Å². The van der Waals surface area contributed by atoms with E-state index in [1.165, 1.54) is 0 Å². The zero-order chi connectivity index (χ0) is 21.3. The van der Waals surface area contributed by atoms with Crippen LogP contribution < -0.4 is 19.5 Å². The smallest absolute Gasteiger partial charge is 0.255 e. The number of hydrogen-bond acceptors (Lipinski definition) is 5. The number of hydrogen-bond donors (Lipinski definition) is 1. The van der Waals surface area contributed by atoms with Gasteiger partial charge in [-0.25, -0.2) is 0 Å². The monoisotopic (exact) mass is 409 g/mol. The molecule has 30 heavy (non-hydrogen) atoms. The summed E-state index contributed by atoms with van der Waals surface area (Å²) in [6.45, 7) is 8.08. The molecule has 7 nitrogen and oxygen atoms in total. The van der Waals surface area contributed by atoms with Crippen molar-refractivity contribution in [2.45, 2.75) is 27.3 Å². The van der Waals surface area contributed by atoms with Crippen molar-refractivity contribution in [3.63, 3.8) is 0 Å². The van der Waals surface area contributed by atoms with E-state index in [-0.39, 0.29) is 5.91 Å². The minimum absolute atomic E-state index is 0.197. The molecule has 0 bridgehead atoms. The molecule has 158 valence electrons. The van der Waals surface area contributed by atoms with Gasteiger partial charge in [0, 0.05) is 11.8 Å². The van der Waals surface area contributed by atoms with Crippen LogP contribution in [0.3, 0.4) is 0 Å². The Morgan fingerprint density at radius 3 is 2.33 bits per heavy atom. The molecule has 0 atom stereocenters. The maximum Gasteiger partial charge on any atom is 0.255 e. The molecule has 0 aliphatic heterocycles. The minimum Gasteiger partial charge on any atom is -0.494 e. The van der Waals surface area contributed by atoms with Gasteiger partial charge in [0.25, 0.3) is 5.91 Å². The Hall–Kier alpha value is -3.48. The van der Waals surface area contributed by atoms with Gasteiger partial charge in [0.05, 0.1) is 38.2 Å². The molecule has 1 amide bonds. The summed E-state index contributed by atoms with van der Waals surface area (Å²) >= 11 is 0. The molecule has 0 spiro atoms. The second-order valence-electron chi connectivity index (χ2n) is 6.49. The molecule has 2 aromatic carbocycles. The molecule has 3 aromatic rings. The molecule has 0 unspecified atom stereocenters. The van der Waals surface area contributed by atoms with Gasteiger partial charge in [-0.1, -0.05) is 6.07 Å². The third kappa shape index (κ3) is 5.53. The van der Waals surface area contributed by atoms with Crippen LogP contribution in [0.2, 0.25) is 0 Å². The van der Waals surface area contributed by atoms with Crippen LogP contribution in [-0.2, 0) is 6.54 Å². The largest absolute Gasteiger partial charge is 0.494 e. The van der Waals surface area contributed by atoms with Crippen molar-refractivity contribution in [1.82, 2.24) is 9.78 Å². The normalized spacial score (nSPS) is 10.5. The van der Waals surface area contributed by atoms with Gasteiger partial charge in [-0.3, -0.25) is 9.48 Å². The number of anilines is 1. The number of carbonyl (C=O) groups is 1. The highest BCUT2D eigenvalue weighted by atomic mass is 16.5. The summed E-state index contributed by atoms with van der Waals surface area (Å²) in [6, 6.07) is 12.9. The van der Waals surface area contributed by atoms with Crippen LogP contribution in [0.1, 0.15) is 36.7 Å². The third-order valence-electron chi connectivity index (χ3n) is 4.27. The standard InChI is InChI=1S/C23H27N3O4/c1-4-28-20-10-8-18(9-11-20)23(27)25-19-14-24-26(16-19)15-17-7-12-21(29-5-2)22(13-17)30-6-3/h7-14,16H,4-6,15H2,1-3H3,(H,25,27). The van der Waals surface area contributed by atoms with Crippen molar-refractivity contribution in [1.29, 1.82) is 0 Å². The molecule has 0 saturated carbocycles. The molecule has 0 aliphatic rings. The Labute approximate surface area is 176 Å². The van der Waals surface area contributed by atoms with Crippen LogP contribution in [0.25, 0.3) is 0 Å². The zero-order valence-electron chi connectivity index (χ0n) is 17.6. The number of nitrogens with zero attached hydrogens (tertiary/aromatic N) is 2. The molecule has 3 rings (SSSR count). The lowest BCUT2D eigenvalue weighted by Gasteiger charge is -2.12. The quantitative estimate of drug-likeness (QED) is 0.538. The molecule has 1 heterocycles. The fourth-order valence-corrected chi connectivity index (χ4v) is 2.97. The average molecular weight is 409 g/mol. The van der Waals surface area contributed by atoms with Crippen molar-refractivity contribution in [2.24, 2.45) is 0 Å². The highest BCUT2D eigenvalue weighted by Crippen LogP contribution is 2.29.